The highest BCUT2D eigenvalue weighted by atomic mass is 15.0. The maximum atomic E-state index is 2.46. The summed E-state index contributed by atoms with van der Waals surface area (Å²) < 4.78 is 2.46. The van der Waals surface area contributed by atoms with Gasteiger partial charge in [0.15, 0.2) is 0 Å². The van der Waals surface area contributed by atoms with Crippen molar-refractivity contribution in [3.63, 3.8) is 0 Å². The third-order valence-corrected chi connectivity index (χ3v) is 9.79. The van der Waals surface area contributed by atoms with Gasteiger partial charge in [0.25, 0.3) is 0 Å². The van der Waals surface area contributed by atoms with Crippen LogP contribution in [-0.2, 0) is 5.41 Å². The minimum Gasteiger partial charge on any atom is -0.309 e. The first-order valence-electron chi connectivity index (χ1n) is 15.5. The van der Waals surface area contributed by atoms with Gasteiger partial charge in [-0.25, -0.2) is 0 Å². The highest BCUT2D eigenvalue weighted by Gasteiger charge is 2.37. The van der Waals surface area contributed by atoms with Crippen LogP contribution in [0.15, 0.2) is 152 Å². The van der Waals surface area contributed by atoms with E-state index in [0.29, 0.717) is 0 Å². The summed E-state index contributed by atoms with van der Waals surface area (Å²) in [5, 5.41) is 5.07. The Morgan fingerprint density at radius 1 is 0.409 bits per heavy atom. The smallest absolute Gasteiger partial charge is 0.0541 e. The van der Waals surface area contributed by atoms with E-state index in [-0.39, 0.29) is 5.41 Å². The molecule has 1 heteroatoms. The fourth-order valence-electron chi connectivity index (χ4n) is 7.84. The molecule has 0 spiro atoms. The van der Waals surface area contributed by atoms with Crippen LogP contribution in [0.2, 0.25) is 0 Å². The maximum Gasteiger partial charge on any atom is 0.0541 e. The Hall–Kier alpha value is -5.40. The van der Waals surface area contributed by atoms with E-state index in [0.717, 1.165) is 0 Å². The lowest BCUT2D eigenvalue weighted by Gasteiger charge is -2.24. The Bertz CT molecular complexity index is 2410. The molecule has 0 fully saturated rings. The van der Waals surface area contributed by atoms with Gasteiger partial charge >= 0.3 is 0 Å². The largest absolute Gasteiger partial charge is 0.309 e. The molecule has 7 aromatic carbocycles. The van der Waals surface area contributed by atoms with Gasteiger partial charge in [0.1, 0.15) is 0 Å². The molecule has 1 nitrogen and oxygen atoms in total. The summed E-state index contributed by atoms with van der Waals surface area (Å²) in [6.45, 7) is 4.74. The molecule has 44 heavy (non-hydrogen) atoms. The molecule has 0 amide bonds. The van der Waals surface area contributed by atoms with Crippen LogP contribution in [0.3, 0.4) is 0 Å². The Kier molecular flexibility index (Phi) is 5.31. The second kappa shape index (κ2) is 9.30. The fourth-order valence-corrected chi connectivity index (χ4v) is 7.84. The molecule has 0 saturated carbocycles. The van der Waals surface area contributed by atoms with Crippen molar-refractivity contribution in [2.45, 2.75) is 19.3 Å². The van der Waals surface area contributed by atoms with Crippen molar-refractivity contribution in [3.8, 4) is 39.1 Å². The van der Waals surface area contributed by atoms with E-state index < -0.39 is 0 Å². The number of aromatic nitrogens is 1. The second-order valence-electron chi connectivity index (χ2n) is 12.5. The van der Waals surface area contributed by atoms with Crippen LogP contribution in [0, 0.1) is 0 Å². The first kappa shape index (κ1) is 25.1. The van der Waals surface area contributed by atoms with Crippen molar-refractivity contribution in [3.05, 3.63) is 163 Å². The summed E-state index contributed by atoms with van der Waals surface area (Å²) in [6, 6.07) is 55.8. The molecule has 0 N–H and O–H groups in total. The van der Waals surface area contributed by atoms with Crippen LogP contribution in [0.4, 0.5) is 0 Å². The third kappa shape index (κ3) is 3.47. The number of para-hydroxylation sites is 1. The summed E-state index contributed by atoms with van der Waals surface area (Å²) in [7, 11) is 0. The molecule has 1 aliphatic carbocycles. The second-order valence-corrected chi connectivity index (χ2v) is 12.5. The predicted molar refractivity (Wildman–Crippen MR) is 187 cm³/mol. The van der Waals surface area contributed by atoms with Crippen molar-refractivity contribution in [2.75, 3.05) is 0 Å². The topological polar surface area (TPSA) is 4.93 Å². The van der Waals surface area contributed by atoms with Gasteiger partial charge in [-0.3, -0.25) is 0 Å². The molecule has 8 aromatic rings. The van der Waals surface area contributed by atoms with Crippen LogP contribution >= 0.6 is 0 Å². The molecule has 1 aromatic heterocycles. The van der Waals surface area contributed by atoms with Crippen molar-refractivity contribution >= 4 is 32.6 Å². The van der Waals surface area contributed by atoms with Gasteiger partial charge < -0.3 is 4.57 Å². The number of benzene rings is 7. The summed E-state index contributed by atoms with van der Waals surface area (Å²) in [4.78, 5) is 0. The zero-order chi connectivity index (χ0) is 29.4. The molecule has 0 aliphatic heterocycles. The lowest BCUT2D eigenvalue weighted by Crippen LogP contribution is -2.16. The van der Waals surface area contributed by atoms with Gasteiger partial charge in [0, 0.05) is 21.6 Å². The highest BCUT2D eigenvalue weighted by molar-refractivity contribution is 6.12. The molecule has 0 saturated heterocycles. The zero-order valence-corrected chi connectivity index (χ0v) is 24.9. The van der Waals surface area contributed by atoms with Crippen LogP contribution in [0.5, 0.6) is 0 Å². The summed E-state index contributed by atoms with van der Waals surface area (Å²) in [5.41, 5.74) is 14.2. The first-order chi connectivity index (χ1) is 21.6. The van der Waals surface area contributed by atoms with Gasteiger partial charge in [0.2, 0.25) is 0 Å². The Balaban J connectivity index is 1.29. The zero-order valence-electron chi connectivity index (χ0n) is 24.9. The molecule has 208 valence electrons. The number of fused-ring (bicyclic) bond motifs is 7. The Morgan fingerprint density at radius 2 is 1.07 bits per heavy atom. The van der Waals surface area contributed by atoms with Crippen LogP contribution in [-0.4, -0.2) is 4.57 Å². The number of rotatable bonds is 3. The van der Waals surface area contributed by atoms with Crippen molar-refractivity contribution in [1.29, 1.82) is 0 Å². The van der Waals surface area contributed by atoms with E-state index in [4.69, 9.17) is 0 Å². The molecule has 9 rings (SSSR count). The molecular formula is C43H31N. The number of hydrogen-bond acceptors (Lipinski definition) is 0. The minimum atomic E-state index is -0.0646. The van der Waals surface area contributed by atoms with Gasteiger partial charge in [0.05, 0.1) is 16.7 Å². The third-order valence-electron chi connectivity index (χ3n) is 9.79. The minimum absolute atomic E-state index is 0.0646. The summed E-state index contributed by atoms with van der Waals surface area (Å²) in [5.74, 6) is 0. The molecule has 1 heterocycles. The Morgan fingerprint density at radius 3 is 1.93 bits per heavy atom. The van der Waals surface area contributed by atoms with E-state index >= 15 is 0 Å². The van der Waals surface area contributed by atoms with E-state index in [1.54, 1.807) is 0 Å². The van der Waals surface area contributed by atoms with E-state index in [2.05, 4.69) is 170 Å². The fraction of sp³-hybridized carbons (Fsp3) is 0.0698. The summed E-state index contributed by atoms with van der Waals surface area (Å²) >= 11 is 0. The van der Waals surface area contributed by atoms with E-state index in [1.807, 2.05) is 0 Å². The molecule has 0 unspecified atom stereocenters. The molecule has 0 radical (unpaired) electrons. The predicted octanol–water partition coefficient (Wildman–Crippen LogP) is 11.6. The quantitative estimate of drug-likeness (QED) is 0.202. The maximum absolute atomic E-state index is 2.46. The molecular weight excluding hydrogens is 530 g/mol. The molecule has 0 bridgehead atoms. The molecule has 0 atom stereocenters. The van der Waals surface area contributed by atoms with Crippen LogP contribution in [0.1, 0.15) is 25.0 Å². The highest BCUT2D eigenvalue weighted by Crippen LogP contribution is 2.52. The first-order valence-corrected chi connectivity index (χ1v) is 15.5. The summed E-state index contributed by atoms with van der Waals surface area (Å²) in [6.07, 6.45) is 0. The van der Waals surface area contributed by atoms with Crippen molar-refractivity contribution in [2.24, 2.45) is 0 Å². The normalized spacial score (nSPS) is 13.4. The van der Waals surface area contributed by atoms with E-state index in [1.165, 1.54) is 82.8 Å². The van der Waals surface area contributed by atoms with E-state index in [9.17, 15) is 0 Å². The standard InChI is InChI=1S/C43H31N/c1-43(2)38-21-10-8-16-33(38)36-20-12-19-31(42(36)43)29-23-25-41-37(27-29)35-18-9-11-22-39(35)44(41)40-26-24-30(28-13-4-3-5-14-28)32-15-6-7-17-34(32)40/h3-27H,1-2H3. The lowest BCUT2D eigenvalue weighted by molar-refractivity contribution is 0.662. The average Bonchev–Trinajstić information content (AvgIpc) is 3.53. The average molecular weight is 562 g/mol. The molecule has 1 aliphatic rings. The van der Waals surface area contributed by atoms with Crippen molar-refractivity contribution < 1.29 is 0 Å². The van der Waals surface area contributed by atoms with Gasteiger partial charge in [-0.05, 0) is 74.2 Å². The number of hydrogen-bond donors (Lipinski definition) is 0. The Labute approximate surface area is 257 Å². The van der Waals surface area contributed by atoms with Gasteiger partial charge in [-0.15, -0.1) is 0 Å². The lowest BCUT2D eigenvalue weighted by atomic mass is 9.79. The van der Waals surface area contributed by atoms with Crippen molar-refractivity contribution in [1.82, 2.24) is 4.57 Å². The van der Waals surface area contributed by atoms with Gasteiger partial charge in [-0.2, -0.15) is 0 Å². The van der Waals surface area contributed by atoms with Gasteiger partial charge in [-0.1, -0.05) is 141 Å². The van der Waals surface area contributed by atoms with Crippen LogP contribution in [0.25, 0.3) is 71.6 Å². The number of nitrogens with zero attached hydrogens (tertiary/aromatic N) is 1. The monoisotopic (exact) mass is 561 g/mol. The SMILES string of the molecule is CC1(C)c2ccccc2-c2cccc(-c3ccc4c(c3)c3ccccc3n4-c3ccc(-c4ccccc4)c4ccccc34)c21. The van der Waals surface area contributed by atoms with Crippen LogP contribution < -0.4 is 0 Å².